The summed E-state index contributed by atoms with van der Waals surface area (Å²) in [4.78, 5) is 0. The highest BCUT2D eigenvalue weighted by molar-refractivity contribution is 6.84. The van der Waals surface area contributed by atoms with Crippen molar-refractivity contribution in [2.24, 2.45) is 0 Å². The Bertz CT molecular complexity index is 399. The molecule has 0 amide bonds. The predicted molar refractivity (Wildman–Crippen MR) is 84.2 cm³/mol. The van der Waals surface area contributed by atoms with Crippen molar-refractivity contribution >= 4 is 8.32 Å². The standard InChI is InChI=1S/C17H24OSi/c1-3-19(4-2,17-13-9-6-10-14-17)18-15-16-11-7-5-8-12-16/h3-5,7-8,11-12,17H,1-2,6,9-10,13-15H2. The summed E-state index contributed by atoms with van der Waals surface area (Å²) in [5, 5.41) is 0. The Morgan fingerprint density at radius 1 is 1.05 bits per heavy atom. The molecule has 0 heterocycles. The summed E-state index contributed by atoms with van der Waals surface area (Å²) in [5.74, 6) is 0. The van der Waals surface area contributed by atoms with Crippen LogP contribution in [0.25, 0.3) is 0 Å². The van der Waals surface area contributed by atoms with Crippen LogP contribution in [0.3, 0.4) is 0 Å². The molecular weight excluding hydrogens is 248 g/mol. The first-order valence-corrected chi connectivity index (χ1v) is 9.40. The molecule has 102 valence electrons. The van der Waals surface area contributed by atoms with E-state index < -0.39 is 8.32 Å². The van der Waals surface area contributed by atoms with Gasteiger partial charge in [0.15, 0.2) is 0 Å². The normalized spacial score (nSPS) is 17.1. The van der Waals surface area contributed by atoms with E-state index in [1.54, 1.807) is 0 Å². The molecular formula is C17H24OSi. The van der Waals surface area contributed by atoms with Gasteiger partial charge in [-0.15, -0.1) is 13.2 Å². The maximum atomic E-state index is 6.36. The zero-order chi connectivity index (χ0) is 13.6. The van der Waals surface area contributed by atoms with E-state index in [0.717, 1.165) is 0 Å². The van der Waals surface area contributed by atoms with Gasteiger partial charge in [-0.25, -0.2) is 0 Å². The molecule has 2 rings (SSSR count). The molecule has 0 spiro atoms. The number of hydrogen-bond acceptors (Lipinski definition) is 1. The van der Waals surface area contributed by atoms with E-state index in [0.29, 0.717) is 12.1 Å². The summed E-state index contributed by atoms with van der Waals surface area (Å²) in [5.41, 5.74) is 6.07. The molecule has 0 aliphatic heterocycles. The van der Waals surface area contributed by atoms with Crippen LogP contribution < -0.4 is 0 Å². The van der Waals surface area contributed by atoms with Crippen molar-refractivity contribution in [1.82, 2.24) is 0 Å². The maximum absolute atomic E-state index is 6.36. The molecule has 1 aromatic carbocycles. The Balaban J connectivity index is 2.06. The quantitative estimate of drug-likeness (QED) is 0.667. The van der Waals surface area contributed by atoms with Crippen molar-refractivity contribution in [1.29, 1.82) is 0 Å². The summed E-state index contributed by atoms with van der Waals surface area (Å²) in [6, 6.07) is 10.4. The highest BCUT2D eigenvalue weighted by atomic mass is 28.4. The largest absolute Gasteiger partial charge is 0.405 e. The maximum Gasteiger partial charge on any atom is 0.243 e. The Kier molecular flexibility index (Phi) is 5.17. The van der Waals surface area contributed by atoms with Crippen molar-refractivity contribution in [3.05, 3.63) is 60.5 Å². The molecule has 1 aliphatic rings. The first-order valence-electron chi connectivity index (χ1n) is 7.26. The van der Waals surface area contributed by atoms with E-state index in [1.165, 1.54) is 37.7 Å². The molecule has 1 aromatic rings. The van der Waals surface area contributed by atoms with E-state index in [4.69, 9.17) is 4.43 Å². The number of rotatable bonds is 6. The SMILES string of the molecule is C=C[Si](C=C)(OCc1ccccc1)C1CCCCC1. The van der Waals surface area contributed by atoms with Gasteiger partial charge in [0.05, 0.1) is 6.61 Å². The summed E-state index contributed by atoms with van der Waals surface area (Å²) >= 11 is 0. The van der Waals surface area contributed by atoms with Crippen LogP contribution >= 0.6 is 0 Å². The third-order valence-corrected chi connectivity index (χ3v) is 7.99. The summed E-state index contributed by atoms with van der Waals surface area (Å²) < 4.78 is 6.36. The smallest absolute Gasteiger partial charge is 0.243 e. The summed E-state index contributed by atoms with van der Waals surface area (Å²) in [6.07, 6.45) is 6.58. The molecule has 1 nitrogen and oxygen atoms in total. The van der Waals surface area contributed by atoms with Gasteiger partial charge in [-0.05, 0) is 11.1 Å². The van der Waals surface area contributed by atoms with Gasteiger partial charge in [-0.2, -0.15) is 0 Å². The second kappa shape index (κ2) is 6.87. The van der Waals surface area contributed by atoms with Crippen LogP contribution in [0.4, 0.5) is 0 Å². The van der Waals surface area contributed by atoms with Crippen LogP contribution in [0.5, 0.6) is 0 Å². The van der Waals surface area contributed by atoms with Crippen molar-refractivity contribution in [3.63, 3.8) is 0 Å². The minimum absolute atomic E-state index is 0.667. The van der Waals surface area contributed by atoms with Crippen LogP contribution in [0.1, 0.15) is 37.7 Å². The fourth-order valence-electron chi connectivity index (χ4n) is 2.99. The molecule has 1 saturated carbocycles. The first-order chi connectivity index (χ1) is 9.30. The van der Waals surface area contributed by atoms with Gasteiger partial charge in [0.25, 0.3) is 0 Å². The van der Waals surface area contributed by atoms with Crippen LogP contribution in [-0.2, 0) is 11.0 Å². The minimum atomic E-state index is -2.00. The number of hydrogen-bond donors (Lipinski definition) is 0. The van der Waals surface area contributed by atoms with E-state index in [1.807, 2.05) is 6.07 Å². The van der Waals surface area contributed by atoms with Crippen molar-refractivity contribution < 1.29 is 4.43 Å². The Hall–Kier alpha value is -1.12. The van der Waals surface area contributed by atoms with Gasteiger partial charge in [-0.3, -0.25) is 0 Å². The average Bonchev–Trinajstić information content (AvgIpc) is 2.51. The molecule has 0 N–H and O–H groups in total. The second-order valence-corrected chi connectivity index (χ2v) is 9.00. The number of benzene rings is 1. The van der Waals surface area contributed by atoms with Crippen molar-refractivity contribution in [2.75, 3.05) is 0 Å². The molecule has 0 saturated heterocycles. The van der Waals surface area contributed by atoms with Gasteiger partial charge in [-0.1, -0.05) is 73.8 Å². The highest BCUT2D eigenvalue weighted by Crippen LogP contribution is 2.39. The summed E-state index contributed by atoms with van der Waals surface area (Å²) in [6.45, 7) is 8.80. The topological polar surface area (TPSA) is 9.23 Å². The lowest BCUT2D eigenvalue weighted by atomic mass is 10.0. The van der Waals surface area contributed by atoms with E-state index in [-0.39, 0.29) is 0 Å². The molecule has 2 heteroatoms. The molecule has 1 aliphatic carbocycles. The van der Waals surface area contributed by atoms with E-state index in [9.17, 15) is 0 Å². The molecule has 0 unspecified atom stereocenters. The monoisotopic (exact) mass is 272 g/mol. The Morgan fingerprint density at radius 2 is 1.68 bits per heavy atom. The zero-order valence-electron chi connectivity index (χ0n) is 11.7. The lowest BCUT2D eigenvalue weighted by Crippen LogP contribution is -2.40. The van der Waals surface area contributed by atoms with E-state index >= 15 is 0 Å². The van der Waals surface area contributed by atoms with Gasteiger partial charge < -0.3 is 4.43 Å². The van der Waals surface area contributed by atoms with Crippen LogP contribution in [0.15, 0.2) is 54.9 Å². The molecule has 1 fully saturated rings. The summed E-state index contributed by atoms with van der Waals surface area (Å²) in [7, 11) is -2.00. The molecule has 0 radical (unpaired) electrons. The van der Waals surface area contributed by atoms with Gasteiger partial charge in [0.1, 0.15) is 0 Å². The molecule has 0 atom stereocenters. The van der Waals surface area contributed by atoms with Crippen molar-refractivity contribution in [3.8, 4) is 0 Å². The van der Waals surface area contributed by atoms with Crippen molar-refractivity contribution in [2.45, 2.75) is 44.3 Å². The third-order valence-electron chi connectivity index (χ3n) is 4.21. The second-order valence-electron chi connectivity index (χ2n) is 5.37. The highest BCUT2D eigenvalue weighted by Gasteiger charge is 2.38. The molecule has 19 heavy (non-hydrogen) atoms. The predicted octanol–water partition coefficient (Wildman–Crippen LogP) is 4.93. The third kappa shape index (κ3) is 3.46. The fraction of sp³-hybridized carbons (Fsp3) is 0.412. The van der Waals surface area contributed by atoms with Crippen LogP contribution in [0, 0.1) is 0 Å². The van der Waals surface area contributed by atoms with Gasteiger partial charge in [0, 0.05) is 0 Å². The molecule has 0 aromatic heterocycles. The van der Waals surface area contributed by atoms with Crippen LogP contribution in [-0.4, -0.2) is 8.32 Å². The fourth-order valence-corrected chi connectivity index (χ4v) is 6.02. The van der Waals surface area contributed by atoms with Gasteiger partial charge >= 0.3 is 0 Å². The Labute approximate surface area is 118 Å². The molecule has 0 bridgehead atoms. The lowest BCUT2D eigenvalue weighted by molar-refractivity contribution is 0.284. The Morgan fingerprint density at radius 3 is 2.26 bits per heavy atom. The zero-order valence-corrected chi connectivity index (χ0v) is 12.7. The van der Waals surface area contributed by atoms with E-state index in [2.05, 4.69) is 48.8 Å². The first kappa shape index (κ1) is 14.3. The average molecular weight is 272 g/mol. The van der Waals surface area contributed by atoms with Crippen LogP contribution in [0.2, 0.25) is 5.54 Å². The van der Waals surface area contributed by atoms with Gasteiger partial charge in [0.2, 0.25) is 8.32 Å². The minimum Gasteiger partial charge on any atom is -0.405 e. The lowest BCUT2D eigenvalue weighted by Gasteiger charge is -2.35.